The van der Waals surface area contributed by atoms with Gasteiger partial charge in [-0.2, -0.15) is 0 Å². The molecular formula is C54H35FN2S. The van der Waals surface area contributed by atoms with Crippen LogP contribution in [0.15, 0.2) is 212 Å². The summed E-state index contributed by atoms with van der Waals surface area (Å²) in [5.74, 6) is -0.251. The largest absolute Gasteiger partial charge is 0.310 e. The van der Waals surface area contributed by atoms with E-state index in [-0.39, 0.29) is 5.82 Å². The fraction of sp³-hybridized carbons (Fsp3) is 0. The molecule has 9 aromatic carbocycles. The zero-order valence-corrected chi connectivity index (χ0v) is 32.2. The van der Waals surface area contributed by atoms with Crippen LogP contribution in [0.3, 0.4) is 0 Å². The van der Waals surface area contributed by atoms with E-state index in [1.165, 1.54) is 31.3 Å². The molecule has 11 rings (SSSR count). The molecule has 2 aromatic heterocycles. The first kappa shape index (κ1) is 34.0. The molecule has 0 spiro atoms. The maximum Gasteiger partial charge on any atom is 0.125 e. The number of anilines is 3. The lowest BCUT2D eigenvalue weighted by Crippen LogP contribution is -2.11. The molecule has 58 heavy (non-hydrogen) atoms. The second-order valence-corrected chi connectivity index (χ2v) is 15.7. The van der Waals surface area contributed by atoms with Gasteiger partial charge in [0.25, 0.3) is 0 Å². The molecule has 0 unspecified atom stereocenters. The zero-order valence-electron chi connectivity index (χ0n) is 31.4. The van der Waals surface area contributed by atoms with Crippen molar-refractivity contribution in [1.82, 2.24) is 4.57 Å². The van der Waals surface area contributed by atoms with Gasteiger partial charge in [-0.15, -0.1) is 11.3 Å². The summed E-state index contributed by atoms with van der Waals surface area (Å²) in [4.78, 5) is 2.35. The highest BCUT2D eigenvalue weighted by molar-refractivity contribution is 7.25. The Morgan fingerprint density at radius 3 is 1.78 bits per heavy atom. The predicted molar refractivity (Wildman–Crippen MR) is 245 cm³/mol. The van der Waals surface area contributed by atoms with Crippen LogP contribution in [0.5, 0.6) is 0 Å². The summed E-state index contributed by atoms with van der Waals surface area (Å²) < 4.78 is 19.6. The van der Waals surface area contributed by atoms with Gasteiger partial charge in [0.2, 0.25) is 0 Å². The number of aromatic nitrogens is 1. The molecule has 0 N–H and O–H groups in total. The van der Waals surface area contributed by atoms with Crippen LogP contribution in [0.1, 0.15) is 0 Å². The predicted octanol–water partition coefficient (Wildman–Crippen LogP) is 15.8. The van der Waals surface area contributed by atoms with Crippen molar-refractivity contribution in [2.45, 2.75) is 0 Å². The Balaban J connectivity index is 1.02. The summed E-state index contributed by atoms with van der Waals surface area (Å²) in [6.45, 7) is 0. The summed E-state index contributed by atoms with van der Waals surface area (Å²) in [7, 11) is 0. The maximum atomic E-state index is 14.8. The number of rotatable bonds is 7. The zero-order chi connectivity index (χ0) is 38.6. The summed E-state index contributed by atoms with van der Waals surface area (Å²) in [5.41, 5.74) is 12.9. The average Bonchev–Trinajstić information content (AvgIpc) is 3.82. The lowest BCUT2D eigenvalue weighted by Gasteiger charge is -2.28. The first-order chi connectivity index (χ1) is 28.7. The van der Waals surface area contributed by atoms with Gasteiger partial charge in [0, 0.05) is 53.4 Å². The second-order valence-electron chi connectivity index (χ2n) is 14.7. The highest BCUT2D eigenvalue weighted by Gasteiger charge is 2.20. The maximum absolute atomic E-state index is 14.8. The van der Waals surface area contributed by atoms with Crippen molar-refractivity contribution >= 4 is 70.4 Å². The molecular weight excluding hydrogens is 728 g/mol. The summed E-state index contributed by atoms with van der Waals surface area (Å²) in [6, 6.07) is 74.3. The number of benzene rings is 9. The van der Waals surface area contributed by atoms with Gasteiger partial charge in [-0.25, -0.2) is 4.39 Å². The van der Waals surface area contributed by atoms with E-state index < -0.39 is 0 Å². The second kappa shape index (κ2) is 14.0. The molecule has 4 heteroatoms. The fourth-order valence-electron chi connectivity index (χ4n) is 8.57. The topological polar surface area (TPSA) is 8.17 Å². The van der Waals surface area contributed by atoms with Crippen LogP contribution >= 0.6 is 11.3 Å². The molecule has 0 atom stereocenters. The molecule has 2 heterocycles. The van der Waals surface area contributed by atoms with E-state index in [1.54, 1.807) is 12.1 Å². The number of para-hydroxylation sites is 3. The van der Waals surface area contributed by atoms with Gasteiger partial charge >= 0.3 is 0 Å². The average molecular weight is 763 g/mol. The highest BCUT2D eigenvalue weighted by atomic mass is 32.1. The van der Waals surface area contributed by atoms with Crippen molar-refractivity contribution in [3.8, 4) is 39.1 Å². The van der Waals surface area contributed by atoms with E-state index in [1.807, 2.05) is 29.5 Å². The van der Waals surface area contributed by atoms with Crippen LogP contribution in [0.2, 0.25) is 0 Å². The van der Waals surface area contributed by atoms with E-state index in [2.05, 4.69) is 191 Å². The molecule has 274 valence electrons. The van der Waals surface area contributed by atoms with E-state index in [0.29, 0.717) is 0 Å². The Hall–Kier alpha value is -7.27. The fourth-order valence-corrected chi connectivity index (χ4v) is 9.66. The van der Waals surface area contributed by atoms with Crippen LogP contribution in [0, 0.1) is 5.82 Å². The Labute approximate surface area is 339 Å². The van der Waals surface area contributed by atoms with E-state index >= 15 is 0 Å². The van der Waals surface area contributed by atoms with Crippen LogP contribution in [-0.2, 0) is 0 Å². The number of hydrogen-bond donors (Lipinski definition) is 0. The monoisotopic (exact) mass is 762 g/mol. The van der Waals surface area contributed by atoms with Gasteiger partial charge in [0.15, 0.2) is 0 Å². The summed E-state index contributed by atoms with van der Waals surface area (Å²) in [6.07, 6.45) is 0. The quantitative estimate of drug-likeness (QED) is 0.157. The first-order valence-electron chi connectivity index (χ1n) is 19.5. The SMILES string of the molecule is Fc1ccc2c3ccccc3n(-c3ccccc3-c3ccc(N(c4ccc(-c5ccc6sc7ccccc7c6c5)cc4)c4ccccc4-c4ccccc4)cc3)c2c1. The van der Waals surface area contributed by atoms with Crippen molar-refractivity contribution in [1.29, 1.82) is 0 Å². The van der Waals surface area contributed by atoms with Crippen molar-refractivity contribution < 1.29 is 4.39 Å². The molecule has 0 aliphatic heterocycles. The Kier molecular flexibility index (Phi) is 8.23. The van der Waals surface area contributed by atoms with Gasteiger partial charge < -0.3 is 9.47 Å². The summed E-state index contributed by atoms with van der Waals surface area (Å²) >= 11 is 1.85. The van der Waals surface area contributed by atoms with E-state index in [0.717, 1.165) is 66.8 Å². The number of hydrogen-bond acceptors (Lipinski definition) is 2. The molecule has 0 saturated heterocycles. The molecule has 2 nitrogen and oxygen atoms in total. The summed E-state index contributed by atoms with van der Waals surface area (Å²) in [5, 5.41) is 4.73. The number of thiophene rings is 1. The van der Waals surface area contributed by atoms with Crippen molar-refractivity contribution in [2.75, 3.05) is 4.90 Å². The number of halogens is 1. The van der Waals surface area contributed by atoms with Gasteiger partial charge in [-0.05, 0) is 101 Å². The third-order valence-electron chi connectivity index (χ3n) is 11.3. The van der Waals surface area contributed by atoms with E-state index in [9.17, 15) is 4.39 Å². The van der Waals surface area contributed by atoms with Crippen molar-refractivity contribution in [3.63, 3.8) is 0 Å². The molecule has 0 saturated carbocycles. The highest BCUT2D eigenvalue weighted by Crippen LogP contribution is 2.43. The van der Waals surface area contributed by atoms with Gasteiger partial charge in [-0.1, -0.05) is 133 Å². The van der Waals surface area contributed by atoms with Crippen LogP contribution in [0.25, 0.3) is 81.0 Å². The molecule has 0 radical (unpaired) electrons. The minimum absolute atomic E-state index is 0.251. The smallest absolute Gasteiger partial charge is 0.125 e. The van der Waals surface area contributed by atoms with Crippen LogP contribution in [-0.4, -0.2) is 4.57 Å². The van der Waals surface area contributed by atoms with Gasteiger partial charge in [0.1, 0.15) is 5.82 Å². The van der Waals surface area contributed by atoms with Crippen molar-refractivity contribution in [2.24, 2.45) is 0 Å². The van der Waals surface area contributed by atoms with Crippen LogP contribution < -0.4 is 4.90 Å². The molecule has 0 aliphatic rings. The number of nitrogens with zero attached hydrogens (tertiary/aromatic N) is 2. The van der Waals surface area contributed by atoms with E-state index in [4.69, 9.17) is 0 Å². The molecule has 0 amide bonds. The third kappa shape index (κ3) is 5.77. The Morgan fingerprint density at radius 2 is 0.966 bits per heavy atom. The standard InChI is InChI=1S/C54H35FN2S/c55-40-27-32-46-45-16-6-10-20-51(45)57(52(46)35-40)50-19-9-5-15-44(50)38-24-30-42(31-25-38)56(49-18-8-4-14-43(49)37-12-2-1-3-13-37)41-28-22-36(23-29-41)39-26-33-54-48(34-39)47-17-7-11-21-53(47)58-54/h1-35H. The Morgan fingerprint density at radius 1 is 0.379 bits per heavy atom. The minimum atomic E-state index is -0.251. The molecule has 0 bridgehead atoms. The lowest BCUT2D eigenvalue weighted by molar-refractivity contribution is 0.629. The minimum Gasteiger partial charge on any atom is -0.310 e. The molecule has 0 fully saturated rings. The third-order valence-corrected chi connectivity index (χ3v) is 12.4. The van der Waals surface area contributed by atoms with Gasteiger partial charge in [-0.3, -0.25) is 0 Å². The lowest BCUT2D eigenvalue weighted by atomic mass is 9.99. The Bertz CT molecular complexity index is 3290. The first-order valence-corrected chi connectivity index (χ1v) is 20.3. The molecule has 11 aromatic rings. The molecule has 0 aliphatic carbocycles. The number of fused-ring (bicyclic) bond motifs is 6. The van der Waals surface area contributed by atoms with Crippen LogP contribution in [0.4, 0.5) is 21.5 Å². The van der Waals surface area contributed by atoms with Gasteiger partial charge in [0.05, 0.1) is 22.4 Å². The normalized spacial score (nSPS) is 11.5. The van der Waals surface area contributed by atoms with Crippen molar-refractivity contribution in [3.05, 3.63) is 218 Å².